The molecule has 2 rings (SSSR count). The van der Waals surface area contributed by atoms with Crippen molar-refractivity contribution in [2.45, 2.75) is 31.8 Å². The van der Waals surface area contributed by atoms with Crippen LogP contribution in [0, 0.1) is 5.92 Å². The molecule has 1 aromatic heterocycles. The smallest absolute Gasteiger partial charge is 0.182 e. The quantitative estimate of drug-likeness (QED) is 0.806. The highest BCUT2D eigenvalue weighted by atomic mass is 32.1. The molecule has 1 saturated carbocycles. The van der Waals surface area contributed by atoms with Crippen LogP contribution in [0.1, 0.15) is 25.7 Å². The van der Waals surface area contributed by atoms with E-state index < -0.39 is 0 Å². The Bertz CT molecular complexity index is 263. The lowest BCUT2D eigenvalue weighted by atomic mass is 9.86. The van der Waals surface area contributed by atoms with Gasteiger partial charge >= 0.3 is 0 Å². The van der Waals surface area contributed by atoms with Gasteiger partial charge in [0.25, 0.3) is 0 Å². The Morgan fingerprint density at radius 2 is 2.36 bits per heavy atom. The Morgan fingerprint density at radius 3 is 3.07 bits per heavy atom. The molecule has 1 fully saturated rings. The Labute approximate surface area is 88.2 Å². The molecule has 1 aliphatic carbocycles. The zero-order chi connectivity index (χ0) is 9.80. The third-order valence-electron chi connectivity index (χ3n) is 2.82. The topological polar surface area (TPSA) is 45.1 Å². The number of rotatable bonds is 3. The van der Waals surface area contributed by atoms with Crippen LogP contribution in [0.5, 0.6) is 0 Å². The molecule has 0 spiro atoms. The monoisotopic (exact) mass is 212 g/mol. The van der Waals surface area contributed by atoms with E-state index in [-0.39, 0.29) is 6.10 Å². The molecule has 1 heterocycles. The summed E-state index contributed by atoms with van der Waals surface area (Å²) in [5.41, 5.74) is 0. The number of hydrogen-bond donors (Lipinski definition) is 2. The van der Waals surface area contributed by atoms with Crippen molar-refractivity contribution in [3.8, 4) is 0 Å². The van der Waals surface area contributed by atoms with Gasteiger partial charge in [-0.2, -0.15) is 0 Å². The largest absolute Gasteiger partial charge is 0.393 e. The fourth-order valence-electron chi connectivity index (χ4n) is 1.96. The van der Waals surface area contributed by atoms with E-state index in [0.29, 0.717) is 5.92 Å². The molecule has 0 saturated heterocycles. The van der Waals surface area contributed by atoms with Crippen molar-refractivity contribution in [1.82, 2.24) is 4.98 Å². The van der Waals surface area contributed by atoms with Crippen molar-refractivity contribution in [3.63, 3.8) is 0 Å². The van der Waals surface area contributed by atoms with Gasteiger partial charge in [-0.3, -0.25) is 0 Å². The molecule has 0 aliphatic heterocycles. The van der Waals surface area contributed by atoms with E-state index >= 15 is 0 Å². The molecule has 1 aliphatic rings. The summed E-state index contributed by atoms with van der Waals surface area (Å²) >= 11 is 1.61. The van der Waals surface area contributed by atoms with Gasteiger partial charge in [0.1, 0.15) is 0 Å². The lowest BCUT2D eigenvalue weighted by molar-refractivity contribution is 0.0763. The van der Waals surface area contributed by atoms with E-state index in [1.165, 1.54) is 12.8 Å². The van der Waals surface area contributed by atoms with Gasteiger partial charge in [0.05, 0.1) is 6.10 Å². The van der Waals surface area contributed by atoms with Gasteiger partial charge in [0.15, 0.2) is 5.13 Å². The average molecular weight is 212 g/mol. The average Bonchev–Trinajstić information content (AvgIpc) is 2.69. The zero-order valence-electron chi connectivity index (χ0n) is 8.15. The van der Waals surface area contributed by atoms with Crippen LogP contribution in [0.3, 0.4) is 0 Å². The molecule has 0 bridgehead atoms. The fraction of sp³-hybridized carbons (Fsp3) is 0.700. The third kappa shape index (κ3) is 2.45. The highest BCUT2D eigenvalue weighted by molar-refractivity contribution is 7.13. The predicted octanol–water partition coefficient (Wildman–Crippen LogP) is 2.11. The van der Waals surface area contributed by atoms with E-state index in [2.05, 4.69) is 10.3 Å². The lowest BCUT2D eigenvalue weighted by Crippen LogP contribution is -2.30. The Balaban J connectivity index is 1.79. The maximum Gasteiger partial charge on any atom is 0.182 e. The van der Waals surface area contributed by atoms with E-state index in [9.17, 15) is 5.11 Å². The fourth-order valence-corrected chi connectivity index (χ4v) is 2.49. The van der Waals surface area contributed by atoms with Crippen molar-refractivity contribution in [2.24, 2.45) is 5.92 Å². The number of nitrogens with zero attached hydrogens (tertiary/aromatic N) is 1. The van der Waals surface area contributed by atoms with Gasteiger partial charge in [0.2, 0.25) is 0 Å². The molecule has 2 N–H and O–H groups in total. The van der Waals surface area contributed by atoms with Crippen LogP contribution in [0.4, 0.5) is 5.13 Å². The SMILES string of the molecule is OC1CCCCC1CNc1nccs1. The number of nitrogens with one attached hydrogen (secondary N) is 1. The van der Waals surface area contributed by atoms with Gasteiger partial charge < -0.3 is 10.4 Å². The minimum atomic E-state index is -0.115. The van der Waals surface area contributed by atoms with Crippen LogP contribution >= 0.6 is 11.3 Å². The Hall–Kier alpha value is -0.610. The van der Waals surface area contributed by atoms with Crippen molar-refractivity contribution in [1.29, 1.82) is 0 Å². The summed E-state index contributed by atoms with van der Waals surface area (Å²) in [7, 11) is 0. The highest BCUT2D eigenvalue weighted by Gasteiger charge is 2.22. The summed E-state index contributed by atoms with van der Waals surface area (Å²) in [5.74, 6) is 0.410. The first-order valence-corrected chi connectivity index (χ1v) is 6.05. The van der Waals surface area contributed by atoms with Gasteiger partial charge in [-0.05, 0) is 12.8 Å². The van der Waals surface area contributed by atoms with Crippen LogP contribution in [-0.4, -0.2) is 22.7 Å². The van der Waals surface area contributed by atoms with Crippen molar-refractivity contribution in [3.05, 3.63) is 11.6 Å². The summed E-state index contributed by atoms with van der Waals surface area (Å²) in [4.78, 5) is 4.15. The first-order chi connectivity index (χ1) is 6.86. The minimum Gasteiger partial charge on any atom is -0.393 e. The van der Waals surface area contributed by atoms with E-state index in [1.54, 1.807) is 17.5 Å². The number of aromatic nitrogens is 1. The molecular formula is C10H16N2OS. The molecule has 3 nitrogen and oxygen atoms in total. The molecule has 4 heteroatoms. The molecule has 0 radical (unpaired) electrons. The predicted molar refractivity (Wildman–Crippen MR) is 58.6 cm³/mol. The summed E-state index contributed by atoms with van der Waals surface area (Å²) in [5, 5.41) is 15.9. The second-order valence-electron chi connectivity index (χ2n) is 3.83. The molecule has 2 atom stereocenters. The summed E-state index contributed by atoms with van der Waals surface area (Å²) in [6, 6.07) is 0. The molecule has 14 heavy (non-hydrogen) atoms. The van der Waals surface area contributed by atoms with Crippen LogP contribution in [0.2, 0.25) is 0 Å². The van der Waals surface area contributed by atoms with Gasteiger partial charge in [0, 0.05) is 24.0 Å². The van der Waals surface area contributed by atoms with Gasteiger partial charge in [-0.15, -0.1) is 11.3 Å². The Kier molecular flexibility index (Phi) is 3.37. The van der Waals surface area contributed by atoms with E-state index in [1.807, 2.05) is 5.38 Å². The molecule has 1 aromatic rings. The molecular weight excluding hydrogens is 196 g/mol. The van der Waals surface area contributed by atoms with Crippen molar-refractivity contribution < 1.29 is 5.11 Å². The first-order valence-electron chi connectivity index (χ1n) is 5.17. The second kappa shape index (κ2) is 4.75. The maximum absolute atomic E-state index is 9.74. The van der Waals surface area contributed by atoms with Crippen molar-refractivity contribution >= 4 is 16.5 Å². The number of hydrogen-bond acceptors (Lipinski definition) is 4. The first kappa shape index (κ1) is 9.93. The normalized spacial score (nSPS) is 27.5. The maximum atomic E-state index is 9.74. The van der Waals surface area contributed by atoms with E-state index in [4.69, 9.17) is 0 Å². The van der Waals surface area contributed by atoms with Crippen LogP contribution in [0.15, 0.2) is 11.6 Å². The molecule has 0 aromatic carbocycles. The molecule has 78 valence electrons. The lowest BCUT2D eigenvalue weighted by Gasteiger charge is -2.27. The third-order valence-corrected chi connectivity index (χ3v) is 3.55. The van der Waals surface area contributed by atoms with Crippen LogP contribution in [0.25, 0.3) is 0 Å². The molecule has 0 amide bonds. The number of anilines is 1. The standard InChI is InChI=1S/C10H16N2OS/c13-9-4-2-1-3-8(9)7-12-10-11-5-6-14-10/h5-6,8-9,13H,1-4,7H2,(H,11,12). The van der Waals surface area contributed by atoms with E-state index in [0.717, 1.165) is 24.5 Å². The number of aliphatic hydroxyl groups excluding tert-OH is 1. The summed E-state index contributed by atoms with van der Waals surface area (Å²) in [6.45, 7) is 0.856. The Morgan fingerprint density at radius 1 is 1.50 bits per heavy atom. The summed E-state index contributed by atoms with van der Waals surface area (Å²) < 4.78 is 0. The van der Waals surface area contributed by atoms with Gasteiger partial charge in [-0.25, -0.2) is 4.98 Å². The number of thiazole rings is 1. The minimum absolute atomic E-state index is 0.115. The summed E-state index contributed by atoms with van der Waals surface area (Å²) in [6.07, 6.45) is 6.21. The number of aliphatic hydroxyl groups is 1. The zero-order valence-corrected chi connectivity index (χ0v) is 8.96. The second-order valence-corrected chi connectivity index (χ2v) is 4.72. The van der Waals surface area contributed by atoms with Crippen molar-refractivity contribution in [2.75, 3.05) is 11.9 Å². The van der Waals surface area contributed by atoms with Gasteiger partial charge in [-0.1, -0.05) is 12.8 Å². The van der Waals surface area contributed by atoms with Crippen LogP contribution in [-0.2, 0) is 0 Å². The molecule has 2 unspecified atom stereocenters. The van der Waals surface area contributed by atoms with Crippen LogP contribution < -0.4 is 5.32 Å². The highest BCUT2D eigenvalue weighted by Crippen LogP contribution is 2.24.